The molecule has 1 fully saturated rings. The van der Waals surface area contributed by atoms with Crippen LogP contribution < -0.4 is 14.8 Å². The minimum absolute atomic E-state index is 0.0820. The Morgan fingerprint density at radius 1 is 1.18 bits per heavy atom. The summed E-state index contributed by atoms with van der Waals surface area (Å²) in [7, 11) is 3.15. The second-order valence-corrected chi connectivity index (χ2v) is 8.60. The van der Waals surface area contributed by atoms with Crippen LogP contribution in [0.4, 0.5) is 0 Å². The van der Waals surface area contributed by atoms with E-state index < -0.39 is 6.10 Å². The summed E-state index contributed by atoms with van der Waals surface area (Å²) in [6.07, 6.45) is 2.71. The van der Waals surface area contributed by atoms with Crippen molar-refractivity contribution >= 4 is 28.4 Å². The summed E-state index contributed by atoms with van der Waals surface area (Å²) in [5.41, 5.74) is 2.19. The summed E-state index contributed by atoms with van der Waals surface area (Å²) in [5.74, 6) is 1.08. The Morgan fingerprint density at radius 2 is 1.97 bits per heavy atom. The first kappa shape index (κ1) is 23.3. The maximum Gasteiger partial charge on any atom is 0.251 e. The van der Waals surface area contributed by atoms with Crippen LogP contribution in [0.2, 0.25) is 5.02 Å². The van der Waals surface area contributed by atoms with E-state index in [0.717, 1.165) is 48.1 Å². The Bertz CT molecular complexity index is 1130. The van der Waals surface area contributed by atoms with Gasteiger partial charge in [0.1, 0.15) is 11.5 Å². The average Bonchev–Trinajstić information content (AvgIpc) is 2.84. The molecule has 1 amide bonds. The Labute approximate surface area is 198 Å². The fourth-order valence-corrected chi connectivity index (χ4v) is 4.43. The number of nitrogens with zero attached hydrogens (tertiary/aromatic N) is 2. The third-order valence-corrected chi connectivity index (χ3v) is 6.42. The summed E-state index contributed by atoms with van der Waals surface area (Å²) in [4.78, 5) is 19.3. The van der Waals surface area contributed by atoms with Crippen LogP contribution in [0.25, 0.3) is 10.9 Å². The molecule has 0 saturated carbocycles. The zero-order valence-electron chi connectivity index (χ0n) is 18.8. The minimum atomic E-state index is -0.643. The zero-order chi connectivity index (χ0) is 23.4. The predicted molar refractivity (Wildman–Crippen MR) is 128 cm³/mol. The molecule has 2 heterocycles. The minimum Gasteiger partial charge on any atom is -0.497 e. The summed E-state index contributed by atoms with van der Waals surface area (Å²) in [5, 5.41) is 15.4. The van der Waals surface area contributed by atoms with E-state index in [4.69, 9.17) is 21.1 Å². The number of carbonyl (C=O) groups is 1. The SMILES string of the molecule is COc1ccc2nccc([C@@H](O)CN3CCC(NC(=O)c4ccc(Cl)c(OC)c4)CC3)c2c1. The van der Waals surface area contributed by atoms with Gasteiger partial charge in [0.25, 0.3) is 5.91 Å². The number of likely N-dealkylation sites (tertiary alicyclic amines) is 1. The van der Waals surface area contributed by atoms with Crippen molar-refractivity contribution < 1.29 is 19.4 Å². The second kappa shape index (κ2) is 10.4. The monoisotopic (exact) mass is 469 g/mol. The van der Waals surface area contributed by atoms with Crippen molar-refractivity contribution in [3.05, 3.63) is 64.8 Å². The van der Waals surface area contributed by atoms with Crippen LogP contribution in [0, 0.1) is 0 Å². The highest BCUT2D eigenvalue weighted by Crippen LogP contribution is 2.28. The predicted octanol–water partition coefficient (Wildman–Crippen LogP) is 3.83. The molecule has 3 aromatic rings. The maximum absolute atomic E-state index is 12.6. The van der Waals surface area contributed by atoms with Crippen molar-refractivity contribution in [1.29, 1.82) is 0 Å². The lowest BCUT2D eigenvalue weighted by atomic mass is 10.0. The molecular weight excluding hydrogens is 442 g/mol. The number of aliphatic hydroxyl groups excluding tert-OH is 1. The van der Waals surface area contributed by atoms with E-state index in [1.807, 2.05) is 24.3 Å². The van der Waals surface area contributed by atoms with Crippen molar-refractivity contribution in [2.45, 2.75) is 25.0 Å². The first-order valence-corrected chi connectivity index (χ1v) is 11.3. The molecule has 1 aromatic heterocycles. The largest absolute Gasteiger partial charge is 0.497 e. The summed E-state index contributed by atoms with van der Waals surface area (Å²) >= 11 is 6.05. The number of β-amino-alcohol motifs (C(OH)–C–C–N with tert-alkyl or cyclic N) is 1. The smallest absolute Gasteiger partial charge is 0.251 e. The molecule has 7 nitrogen and oxygen atoms in total. The number of halogens is 1. The van der Waals surface area contributed by atoms with Gasteiger partial charge in [0.05, 0.1) is 30.9 Å². The van der Waals surface area contributed by atoms with Gasteiger partial charge in [-0.3, -0.25) is 9.78 Å². The van der Waals surface area contributed by atoms with E-state index in [0.29, 0.717) is 22.9 Å². The average molecular weight is 470 g/mol. The maximum atomic E-state index is 12.6. The molecule has 0 spiro atoms. The lowest BCUT2D eigenvalue weighted by Crippen LogP contribution is -2.45. The number of amides is 1. The van der Waals surface area contributed by atoms with E-state index in [2.05, 4.69) is 15.2 Å². The van der Waals surface area contributed by atoms with Crippen LogP contribution in [0.3, 0.4) is 0 Å². The standard InChI is InChI=1S/C25H28ClN3O4/c1-32-18-4-6-22-20(14-18)19(7-10-27-22)23(30)15-29-11-8-17(9-12-29)28-25(31)16-3-5-21(26)24(13-16)33-2/h3-7,10,13-14,17,23,30H,8-9,11-12,15H2,1-2H3,(H,28,31)/t23-/m0/s1. The molecule has 4 rings (SSSR count). The molecule has 0 unspecified atom stereocenters. The zero-order valence-corrected chi connectivity index (χ0v) is 19.5. The van der Waals surface area contributed by atoms with Gasteiger partial charge in [-0.05, 0) is 60.9 Å². The second-order valence-electron chi connectivity index (χ2n) is 8.20. The molecule has 2 N–H and O–H groups in total. The first-order valence-electron chi connectivity index (χ1n) is 11.0. The number of aliphatic hydroxyl groups is 1. The number of carbonyl (C=O) groups excluding carboxylic acids is 1. The Kier molecular flexibility index (Phi) is 7.33. The summed E-state index contributed by atoms with van der Waals surface area (Å²) < 4.78 is 10.5. The summed E-state index contributed by atoms with van der Waals surface area (Å²) in [6.45, 7) is 2.10. The van der Waals surface area contributed by atoms with E-state index in [1.54, 1.807) is 31.5 Å². The van der Waals surface area contributed by atoms with Crippen LogP contribution in [0.5, 0.6) is 11.5 Å². The molecule has 1 saturated heterocycles. The highest BCUT2D eigenvalue weighted by Gasteiger charge is 2.24. The van der Waals surface area contributed by atoms with Gasteiger partial charge in [0.2, 0.25) is 0 Å². The highest BCUT2D eigenvalue weighted by molar-refractivity contribution is 6.32. The van der Waals surface area contributed by atoms with Gasteiger partial charge < -0.3 is 24.8 Å². The van der Waals surface area contributed by atoms with Crippen LogP contribution >= 0.6 is 11.6 Å². The van der Waals surface area contributed by atoms with Gasteiger partial charge >= 0.3 is 0 Å². The Morgan fingerprint density at radius 3 is 2.70 bits per heavy atom. The van der Waals surface area contributed by atoms with Crippen molar-refractivity contribution in [3.63, 3.8) is 0 Å². The van der Waals surface area contributed by atoms with Gasteiger partial charge in [-0.15, -0.1) is 0 Å². The molecule has 1 aliphatic rings. The van der Waals surface area contributed by atoms with Crippen LogP contribution in [-0.4, -0.2) is 60.8 Å². The number of hydrogen-bond acceptors (Lipinski definition) is 6. The Balaban J connectivity index is 1.34. The molecule has 0 aliphatic carbocycles. The topological polar surface area (TPSA) is 83.9 Å². The molecule has 33 heavy (non-hydrogen) atoms. The molecule has 0 bridgehead atoms. The third-order valence-electron chi connectivity index (χ3n) is 6.11. The Hall–Kier alpha value is -2.87. The number of aromatic nitrogens is 1. The van der Waals surface area contributed by atoms with Gasteiger partial charge in [-0.25, -0.2) is 0 Å². The highest BCUT2D eigenvalue weighted by atomic mass is 35.5. The number of nitrogens with one attached hydrogen (secondary N) is 1. The van der Waals surface area contributed by atoms with E-state index in [9.17, 15) is 9.90 Å². The number of methoxy groups -OCH3 is 2. The van der Waals surface area contributed by atoms with Crippen molar-refractivity contribution in [2.24, 2.45) is 0 Å². The van der Waals surface area contributed by atoms with E-state index in [-0.39, 0.29) is 11.9 Å². The number of pyridine rings is 1. The van der Waals surface area contributed by atoms with Crippen LogP contribution in [0.15, 0.2) is 48.7 Å². The van der Waals surface area contributed by atoms with Gasteiger partial charge in [0.15, 0.2) is 0 Å². The number of ether oxygens (including phenoxy) is 2. The van der Waals surface area contributed by atoms with E-state index in [1.165, 1.54) is 7.11 Å². The molecule has 1 atom stereocenters. The molecule has 2 aromatic carbocycles. The van der Waals surface area contributed by atoms with Crippen molar-refractivity contribution in [2.75, 3.05) is 33.9 Å². The normalized spacial score (nSPS) is 15.9. The lowest BCUT2D eigenvalue weighted by molar-refractivity contribution is 0.0831. The van der Waals surface area contributed by atoms with Crippen LogP contribution in [0.1, 0.15) is 34.9 Å². The van der Waals surface area contributed by atoms with Gasteiger partial charge in [-0.2, -0.15) is 0 Å². The van der Waals surface area contributed by atoms with Crippen LogP contribution in [-0.2, 0) is 0 Å². The van der Waals surface area contributed by atoms with Gasteiger partial charge in [0, 0.05) is 42.8 Å². The van der Waals surface area contributed by atoms with Gasteiger partial charge in [-0.1, -0.05) is 11.6 Å². The number of rotatable bonds is 7. The fraction of sp³-hybridized carbons (Fsp3) is 0.360. The third kappa shape index (κ3) is 5.38. The summed E-state index contributed by atoms with van der Waals surface area (Å²) in [6, 6.07) is 12.6. The number of benzene rings is 2. The fourth-order valence-electron chi connectivity index (χ4n) is 4.24. The molecular formula is C25H28ClN3O4. The first-order chi connectivity index (χ1) is 16.0. The van der Waals surface area contributed by atoms with E-state index >= 15 is 0 Å². The van der Waals surface area contributed by atoms with Crippen molar-refractivity contribution in [1.82, 2.24) is 15.2 Å². The molecule has 0 radical (unpaired) electrons. The lowest BCUT2D eigenvalue weighted by Gasteiger charge is -2.33. The molecule has 174 valence electrons. The number of piperidine rings is 1. The quantitative estimate of drug-likeness (QED) is 0.547. The molecule has 1 aliphatic heterocycles. The number of hydrogen-bond donors (Lipinski definition) is 2. The number of fused-ring (bicyclic) bond motifs is 1. The molecule has 8 heteroatoms. The van der Waals surface area contributed by atoms with Crippen molar-refractivity contribution in [3.8, 4) is 11.5 Å².